The first-order chi connectivity index (χ1) is 8.50. The molecule has 92 valence electrons. The first kappa shape index (κ1) is 12.6. The number of thiophene rings is 1. The van der Waals surface area contributed by atoms with Gasteiger partial charge in [0.1, 0.15) is 0 Å². The molecule has 1 heterocycles. The van der Waals surface area contributed by atoms with Gasteiger partial charge in [-0.2, -0.15) is 10.5 Å². The molecule has 2 unspecified atom stereocenters. The van der Waals surface area contributed by atoms with Gasteiger partial charge in [0.2, 0.25) is 5.91 Å². The van der Waals surface area contributed by atoms with Gasteiger partial charge in [-0.05, 0) is 11.4 Å². The van der Waals surface area contributed by atoms with Crippen molar-refractivity contribution in [2.75, 3.05) is 0 Å². The van der Waals surface area contributed by atoms with Gasteiger partial charge in [0, 0.05) is 10.3 Å². The maximum Gasteiger partial charge on any atom is 0.242 e. The second-order valence-electron chi connectivity index (χ2n) is 4.97. The van der Waals surface area contributed by atoms with Crippen LogP contribution >= 0.6 is 11.3 Å². The van der Waals surface area contributed by atoms with Crippen LogP contribution in [0.2, 0.25) is 0 Å². The Morgan fingerprint density at radius 2 is 2.28 bits per heavy atom. The topological polar surface area (TPSA) is 76.7 Å². The van der Waals surface area contributed by atoms with E-state index in [0.29, 0.717) is 6.54 Å². The van der Waals surface area contributed by atoms with Crippen LogP contribution in [0.4, 0.5) is 0 Å². The van der Waals surface area contributed by atoms with Gasteiger partial charge in [0.25, 0.3) is 0 Å². The Kier molecular flexibility index (Phi) is 2.88. The summed E-state index contributed by atoms with van der Waals surface area (Å²) >= 11 is 1.55. The number of rotatable bonds is 3. The van der Waals surface area contributed by atoms with E-state index in [9.17, 15) is 10.1 Å². The first-order valence-corrected chi connectivity index (χ1v) is 6.50. The van der Waals surface area contributed by atoms with E-state index >= 15 is 0 Å². The minimum Gasteiger partial charge on any atom is -0.350 e. The van der Waals surface area contributed by atoms with E-state index < -0.39 is 16.7 Å². The summed E-state index contributed by atoms with van der Waals surface area (Å²) in [5.41, 5.74) is -1.77. The van der Waals surface area contributed by atoms with Crippen LogP contribution in [0.3, 0.4) is 0 Å². The Morgan fingerprint density at radius 1 is 1.56 bits per heavy atom. The highest BCUT2D eigenvalue weighted by Crippen LogP contribution is 2.68. The SMILES string of the molecule is CC1(C)C(C#N)C1(C#N)C(=O)NCc1cccs1. The second kappa shape index (κ2) is 4.12. The van der Waals surface area contributed by atoms with Gasteiger partial charge in [-0.15, -0.1) is 11.3 Å². The molecule has 0 aromatic carbocycles. The van der Waals surface area contributed by atoms with Crippen molar-refractivity contribution in [3.8, 4) is 12.1 Å². The molecule has 0 bridgehead atoms. The third kappa shape index (κ3) is 1.52. The summed E-state index contributed by atoms with van der Waals surface area (Å²) in [5.74, 6) is -0.867. The lowest BCUT2D eigenvalue weighted by molar-refractivity contribution is -0.125. The van der Waals surface area contributed by atoms with Crippen LogP contribution in [0.5, 0.6) is 0 Å². The highest BCUT2D eigenvalue weighted by molar-refractivity contribution is 7.09. The number of nitriles is 2. The average molecular weight is 259 g/mol. The van der Waals surface area contributed by atoms with Crippen LogP contribution in [0.1, 0.15) is 18.7 Å². The summed E-state index contributed by atoms with van der Waals surface area (Å²) in [7, 11) is 0. The molecule has 4 nitrogen and oxygen atoms in total. The lowest BCUT2D eigenvalue weighted by atomic mass is 9.96. The quantitative estimate of drug-likeness (QED) is 0.902. The molecule has 1 aliphatic rings. The van der Waals surface area contributed by atoms with E-state index in [1.54, 1.807) is 25.2 Å². The number of hydrogen-bond donors (Lipinski definition) is 1. The standard InChI is InChI=1S/C13H13N3OS/c1-12(2)10(6-14)13(12,8-15)11(17)16-7-9-4-3-5-18-9/h3-5,10H,7H2,1-2H3,(H,16,17). The van der Waals surface area contributed by atoms with Gasteiger partial charge in [-0.3, -0.25) is 4.79 Å². The number of hydrogen-bond acceptors (Lipinski definition) is 4. The number of amides is 1. The second-order valence-corrected chi connectivity index (χ2v) is 6.00. The maximum absolute atomic E-state index is 12.2. The number of carbonyl (C=O) groups is 1. The third-order valence-electron chi connectivity index (χ3n) is 3.75. The van der Waals surface area contributed by atoms with Gasteiger partial charge in [-0.1, -0.05) is 19.9 Å². The largest absolute Gasteiger partial charge is 0.350 e. The Morgan fingerprint density at radius 3 is 2.72 bits per heavy atom. The Balaban J connectivity index is 2.10. The van der Waals surface area contributed by atoms with E-state index in [1.165, 1.54) is 0 Å². The zero-order valence-corrected chi connectivity index (χ0v) is 11.0. The molecule has 2 atom stereocenters. The minimum atomic E-state index is -1.20. The van der Waals surface area contributed by atoms with Gasteiger partial charge in [0.05, 0.1) is 24.6 Å². The molecule has 0 spiro atoms. The highest BCUT2D eigenvalue weighted by Gasteiger charge is 2.77. The molecule has 0 radical (unpaired) electrons. The number of nitrogens with one attached hydrogen (secondary N) is 1. The molecule has 1 amide bonds. The van der Waals surface area contributed by atoms with Crippen LogP contribution in [0.25, 0.3) is 0 Å². The first-order valence-electron chi connectivity index (χ1n) is 5.62. The summed E-state index contributed by atoms with van der Waals surface area (Å²) in [6.45, 7) is 3.98. The lowest BCUT2D eigenvalue weighted by Gasteiger charge is -2.11. The molecule has 1 N–H and O–H groups in total. The molecular weight excluding hydrogens is 246 g/mol. The molecule has 2 rings (SSSR count). The van der Waals surface area contributed by atoms with Crippen LogP contribution in [0.15, 0.2) is 17.5 Å². The summed E-state index contributed by atoms with van der Waals surface area (Å²) in [5, 5.41) is 23.0. The molecule has 1 saturated carbocycles. The van der Waals surface area contributed by atoms with E-state index in [-0.39, 0.29) is 5.91 Å². The fraction of sp³-hybridized carbons (Fsp3) is 0.462. The molecule has 1 aromatic rings. The molecule has 0 aliphatic heterocycles. The van der Waals surface area contributed by atoms with Crippen LogP contribution in [0, 0.1) is 39.4 Å². The number of nitrogens with zero attached hydrogens (tertiary/aromatic N) is 2. The van der Waals surface area contributed by atoms with Gasteiger partial charge in [-0.25, -0.2) is 0 Å². The molecular formula is C13H13N3OS. The predicted octanol–water partition coefficient (Wildman–Crippen LogP) is 2.05. The van der Waals surface area contributed by atoms with E-state index in [0.717, 1.165) is 4.88 Å². The summed E-state index contributed by atoms with van der Waals surface area (Å²) in [6, 6.07) is 7.94. The van der Waals surface area contributed by atoms with Crippen molar-refractivity contribution in [1.29, 1.82) is 10.5 Å². The Hall–Kier alpha value is -1.85. The minimum absolute atomic E-state index is 0.338. The molecule has 5 heteroatoms. The zero-order valence-electron chi connectivity index (χ0n) is 10.2. The fourth-order valence-electron chi connectivity index (χ4n) is 2.42. The van der Waals surface area contributed by atoms with Crippen LogP contribution in [-0.4, -0.2) is 5.91 Å². The van der Waals surface area contributed by atoms with E-state index in [2.05, 4.69) is 11.4 Å². The smallest absolute Gasteiger partial charge is 0.242 e. The molecule has 0 saturated heterocycles. The van der Waals surface area contributed by atoms with Gasteiger partial charge < -0.3 is 5.32 Å². The molecule has 1 aromatic heterocycles. The highest BCUT2D eigenvalue weighted by atomic mass is 32.1. The normalized spacial score (nSPS) is 27.9. The third-order valence-corrected chi connectivity index (χ3v) is 4.63. The van der Waals surface area contributed by atoms with Crippen molar-refractivity contribution in [2.45, 2.75) is 20.4 Å². The van der Waals surface area contributed by atoms with E-state index in [1.807, 2.05) is 23.6 Å². The summed E-state index contributed by atoms with van der Waals surface area (Å²) in [4.78, 5) is 13.2. The van der Waals surface area contributed by atoms with Crippen LogP contribution in [-0.2, 0) is 11.3 Å². The fourth-order valence-corrected chi connectivity index (χ4v) is 3.07. The average Bonchev–Trinajstić information content (AvgIpc) is 2.72. The molecule has 1 aliphatic carbocycles. The Bertz CT molecular complexity index is 550. The lowest BCUT2D eigenvalue weighted by Crippen LogP contribution is -2.33. The van der Waals surface area contributed by atoms with Crippen molar-refractivity contribution in [3.63, 3.8) is 0 Å². The van der Waals surface area contributed by atoms with Crippen molar-refractivity contribution < 1.29 is 4.79 Å². The Labute approximate surface area is 110 Å². The zero-order chi connectivity index (χ0) is 13.4. The van der Waals surface area contributed by atoms with Crippen molar-refractivity contribution in [3.05, 3.63) is 22.4 Å². The maximum atomic E-state index is 12.2. The van der Waals surface area contributed by atoms with Crippen LogP contribution < -0.4 is 5.32 Å². The molecule has 1 fully saturated rings. The summed E-state index contributed by atoms with van der Waals surface area (Å²) in [6.07, 6.45) is 0. The van der Waals surface area contributed by atoms with E-state index in [4.69, 9.17) is 5.26 Å². The van der Waals surface area contributed by atoms with Gasteiger partial charge >= 0.3 is 0 Å². The van der Waals surface area contributed by atoms with Gasteiger partial charge in [0.15, 0.2) is 5.41 Å². The number of carbonyl (C=O) groups excluding carboxylic acids is 1. The predicted molar refractivity (Wildman–Crippen MR) is 67.1 cm³/mol. The monoisotopic (exact) mass is 259 g/mol. The van der Waals surface area contributed by atoms with Crippen molar-refractivity contribution in [1.82, 2.24) is 5.32 Å². The summed E-state index contributed by atoms with van der Waals surface area (Å²) < 4.78 is 0. The molecule has 18 heavy (non-hydrogen) atoms. The van der Waals surface area contributed by atoms with Crippen molar-refractivity contribution in [2.24, 2.45) is 16.7 Å². The van der Waals surface area contributed by atoms with Crippen molar-refractivity contribution >= 4 is 17.2 Å².